The smallest absolute Gasteiger partial charge is 0.333 e. The van der Waals surface area contributed by atoms with Crippen molar-refractivity contribution in [1.82, 2.24) is 14.2 Å². The van der Waals surface area contributed by atoms with Crippen molar-refractivity contribution in [2.75, 3.05) is 0 Å². The van der Waals surface area contributed by atoms with Crippen LogP contribution in [0.4, 0.5) is 0 Å². The van der Waals surface area contributed by atoms with Gasteiger partial charge in [-0.3, -0.25) is 24.2 Å². The summed E-state index contributed by atoms with van der Waals surface area (Å²) in [6.07, 6.45) is 1.34. The van der Waals surface area contributed by atoms with Crippen molar-refractivity contribution in [1.29, 1.82) is 0 Å². The van der Waals surface area contributed by atoms with Crippen LogP contribution in [-0.4, -0.2) is 45.0 Å². The Balaban J connectivity index is 1.42. The summed E-state index contributed by atoms with van der Waals surface area (Å²) in [5.41, 5.74) is 0.864. The number of hydrogen-bond donors (Lipinski definition) is 0. The van der Waals surface area contributed by atoms with Gasteiger partial charge in [0.1, 0.15) is 10.1 Å². The van der Waals surface area contributed by atoms with Crippen molar-refractivity contribution in [2.24, 2.45) is 0 Å². The summed E-state index contributed by atoms with van der Waals surface area (Å²) in [4.78, 5) is 68.4. The molecule has 1 aliphatic heterocycles. The molecule has 49 heavy (non-hydrogen) atoms. The van der Waals surface area contributed by atoms with E-state index in [1.54, 1.807) is 34.9 Å². The van der Waals surface area contributed by atoms with E-state index in [2.05, 4.69) is 9.37 Å². The predicted octanol–water partition coefficient (Wildman–Crippen LogP) is 2.95. The topological polar surface area (TPSA) is 206 Å². The van der Waals surface area contributed by atoms with Gasteiger partial charge in [0.05, 0.1) is 39.0 Å². The van der Waals surface area contributed by atoms with E-state index in [0.29, 0.717) is 81.8 Å². The average Bonchev–Trinajstić information content (AvgIpc) is 3.39. The Kier molecular flexibility index (Phi) is 9.56. The fourth-order valence-electron chi connectivity index (χ4n) is 6.17. The summed E-state index contributed by atoms with van der Waals surface area (Å²) >= 11 is 0.626. The highest BCUT2D eigenvalue weighted by Crippen LogP contribution is 2.30. The van der Waals surface area contributed by atoms with Crippen molar-refractivity contribution in [3.8, 4) is 0 Å². The van der Waals surface area contributed by atoms with Crippen LogP contribution in [0.15, 0.2) is 67.9 Å². The van der Waals surface area contributed by atoms with Crippen molar-refractivity contribution >= 4 is 83.6 Å². The third-order valence-electron chi connectivity index (χ3n) is 8.42. The fraction of sp³-hybridized carbons (Fsp3) is 0.281. The molecule has 5 aromatic rings. The minimum absolute atomic E-state index is 0.00605. The van der Waals surface area contributed by atoms with Gasteiger partial charge in [-0.15, -0.1) is 5.06 Å². The molecule has 15 nitrogen and oxygen atoms in total. The number of nitrogens with zero attached hydrogens (tertiary/aromatic N) is 3. The van der Waals surface area contributed by atoms with Crippen LogP contribution in [0.25, 0.3) is 43.6 Å². The average molecular weight is 710 g/mol. The number of hydroxylamine groups is 2. The molecule has 1 saturated heterocycles. The second kappa shape index (κ2) is 13.7. The highest BCUT2D eigenvalue weighted by atomic mass is 32.2. The van der Waals surface area contributed by atoms with Gasteiger partial charge in [0, 0.05) is 58.8 Å². The van der Waals surface area contributed by atoms with Gasteiger partial charge in [-0.25, -0.2) is 13.2 Å². The first-order chi connectivity index (χ1) is 23.4. The molecule has 0 saturated carbocycles. The maximum atomic E-state index is 14.0. The first kappa shape index (κ1) is 34.2. The molecule has 1 aliphatic rings. The minimum atomic E-state index is -4.84. The van der Waals surface area contributed by atoms with Crippen LogP contribution < -0.4 is 16.1 Å². The van der Waals surface area contributed by atoms with Crippen LogP contribution in [-0.2, 0) is 51.8 Å². The molecule has 0 spiro atoms. The number of imide groups is 1. The summed E-state index contributed by atoms with van der Waals surface area (Å²) < 4.78 is 43.4. The molecule has 0 bridgehead atoms. The number of amides is 2. The second-order valence-corrected chi connectivity index (χ2v) is 13.5. The zero-order valence-corrected chi connectivity index (χ0v) is 27.5. The molecule has 0 radical (unpaired) electrons. The van der Waals surface area contributed by atoms with Crippen LogP contribution in [0.5, 0.6) is 0 Å². The molecule has 3 aromatic carbocycles. The quantitative estimate of drug-likeness (QED) is 0.0348. The lowest BCUT2D eigenvalue weighted by molar-refractivity contribution is -0.777. The minimum Gasteiger partial charge on any atom is -0.744 e. The van der Waals surface area contributed by atoms with Crippen molar-refractivity contribution in [3.63, 3.8) is 0 Å². The van der Waals surface area contributed by atoms with E-state index in [9.17, 15) is 42.2 Å². The number of carbonyl (C=O) groups excluding carboxylic acids is 3. The maximum Gasteiger partial charge on any atom is 0.333 e. The fourth-order valence-corrected chi connectivity index (χ4v) is 7.06. The highest BCUT2D eigenvalue weighted by Gasteiger charge is 2.32. The number of rotatable bonds is 12. The highest BCUT2D eigenvalue weighted by molar-refractivity contribution is 7.94. The van der Waals surface area contributed by atoms with E-state index in [1.807, 2.05) is 11.5 Å². The molecule has 0 N–H and O–H groups in total. The Morgan fingerprint density at radius 3 is 2.02 bits per heavy atom. The largest absolute Gasteiger partial charge is 0.744 e. The van der Waals surface area contributed by atoms with Gasteiger partial charge in [0.15, 0.2) is 10.9 Å². The van der Waals surface area contributed by atoms with Gasteiger partial charge in [-0.05, 0) is 68.3 Å². The van der Waals surface area contributed by atoms with Gasteiger partial charge < -0.3 is 23.8 Å². The number of aryl methyl sites for hydroxylation is 2. The molecule has 1 fully saturated rings. The number of unbranched alkanes of at least 4 members (excludes halogenated alkanes) is 2. The molecular formula is C32H27N3O12S2-2. The molecular weight excluding hydrogens is 682 g/mol. The molecule has 2 aromatic heterocycles. The molecule has 6 rings (SSSR count). The lowest BCUT2D eigenvalue weighted by atomic mass is 10.0. The Labute approximate surface area is 281 Å². The van der Waals surface area contributed by atoms with Crippen molar-refractivity contribution in [3.05, 3.63) is 69.0 Å². The molecule has 17 heteroatoms. The van der Waals surface area contributed by atoms with Crippen LogP contribution >= 0.6 is 12.0 Å². The summed E-state index contributed by atoms with van der Waals surface area (Å²) in [5.74, 6) is -1.84. The summed E-state index contributed by atoms with van der Waals surface area (Å²) in [6.45, 7) is 2.50. The molecule has 256 valence electrons. The number of fused-ring (bicyclic) bond motifs is 4. The van der Waals surface area contributed by atoms with Crippen molar-refractivity contribution < 1.29 is 46.8 Å². The van der Waals surface area contributed by atoms with Crippen LogP contribution in [0.3, 0.4) is 0 Å². The van der Waals surface area contributed by atoms with Crippen LogP contribution in [0, 0.1) is 0 Å². The third kappa shape index (κ3) is 6.55. The van der Waals surface area contributed by atoms with E-state index >= 15 is 0 Å². The molecule has 2 amide bonds. The molecule has 3 heterocycles. The summed E-state index contributed by atoms with van der Waals surface area (Å²) in [7, 11) is -4.84. The SMILES string of the molecule is CCn1c2ccc(S(=O)(=O)[O-])cc2c(=O)c2cc3c(cc21)c(=O)c1cc(SOO[O-])ccc1n3CCCCCC(=O)ON1C(=O)CCC1=O. The molecule has 0 aliphatic carbocycles. The van der Waals surface area contributed by atoms with E-state index < -0.39 is 38.2 Å². The first-order valence-corrected chi connectivity index (χ1v) is 17.3. The first-order valence-electron chi connectivity index (χ1n) is 15.2. The summed E-state index contributed by atoms with van der Waals surface area (Å²) in [6, 6.07) is 11.6. The lowest BCUT2D eigenvalue weighted by Gasteiger charge is -2.19. The zero-order chi connectivity index (χ0) is 35.0. The Hall–Kier alpha value is -4.65. The Morgan fingerprint density at radius 2 is 1.39 bits per heavy atom. The van der Waals surface area contributed by atoms with Crippen molar-refractivity contribution in [2.45, 2.75) is 68.3 Å². The number of pyridine rings is 2. The van der Waals surface area contributed by atoms with Gasteiger partial charge in [0.2, 0.25) is 0 Å². The van der Waals surface area contributed by atoms with Gasteiger partial charge >= 0.3 is 5.97 Å². The third-order valence-corrected chi connectivity index (χ3v) is 9.82. The number of benzene rings is 3. The number of aromatic nitrogens is 2. The predicted molar refractivity (Wildman–Crippen MR) is 172 cm³/mol. The second-order valence-electron chi connectivity index (χ2n) is 11.3. The maximum absolute atomic E-state index is 14.0. The summed E-state index contributed by atoms with van der Waals surface area (Å²) in [5, 5.41) is 15.2. The Morgan fingerprint density at radius 1 is 0.796 bits per heavy atom. The molecule has 0 unspecified atom stereocenters. The van der Waals surface area contributed by atoms with Crippen LogP contribution in [0.1, 0.15) is 45.4 Å². The van der Waals surface area contributed by atoms with E-state index in [1.165, 1.54) is 6.07 Å². The van der Waals surface area contributed by atoms with Gasteiger partial charge in [0.25, 0.3) is 11.8 Å². The standard InChI is InChI=1S/C32H29N3O12S2/c1-2-33-24-10-8-19(49(42,43)44)15-21(24)32(40)22-17-27-23(16-26(22)33)31(39)20-14-18(48-47-46-41)7-9-25(20)34(27)13-5-3-4-6-30(38)45-35-28(36)11-12-29(35)37/h7-10,14-17,41H,2-6,11-13H2,1H3,(H,42,43,44)/p-2. The van der Waals surface area contributed by atoms with Gasteiger partial charge in [-0.2, -0.15) is 4.33 Å². The van der Waals surface area contributed by atoms with Crippen LogP contribution in [0.2, 0.25) is 0 Å². The lowest BCUT2D eigenvalue weighted by Crippen LogP contribution is -2.31. The monoisotopic (exact) mass is 709 g/mol. The zero-order valence-electron chi connectivity index (χ0n) is 25.8. The van der Waals surface area contributed by atoms with Gasteiger partial charge in [-0.1, -0.05) is 6.42 Å². The van der Waals surface area contributed by atoms with E-state index in [0.717, 1.165) is 12.1 Å². The number of hydrogen-bond acceptors (Lipinski definition) is 13. The van der Waals surface area contributed by atoms with E-state index in [-0.39, 0.29) is 40.8 Å². The van der Waals surface area contributed by atoms with E-state index in [4.69, 9.17) is 4.84 Å². The normalized spacial score (nSPS) is 13.8. The number of carbonyl (C=O) groups is 3. The Bertz CT molecular complexity index is 2400. The molecule has 0 atom stereocenters.